The summed E-state index contributed by atoms with van der Waals surface area (Å²) < 4.78 is 38.2. The second-order valence-electron chi connectivity index (χ2n) is 5.72. The molecule has 1 fully saturated rings. The number of anilines is 1. The molecule has 6 heteroatoms. The number of alkyl halides is 3. The number of rotatable bonds is 5. The van der Waals surface area contributed by atoms with Gasteiger partial charge >= 0.3 is 12.1 Å². The van der Waals surface area contributed by atoms with Gasteiger partial charge in [-0.1, -0.05) is 0 Å². The first-order valence-corrected chi connectivity index (χ1v) is 6.91. The van der Waals surface area contributed by atoms with Gasteiger partial charge in [-0.15, -0.1) is 0 Å². The minimum atomic E-state index is -4.54. The maximum atomic E-state index is 12.7. The van der Waals surface area contributed by atoms with Crippen LogP contribution in [0.2, 0.25) is 0 Å². The summed E-state index contributed by atoms with van der Waals surface area (Å²) in [6, 6.07) is 2.97. The Kier molecular flexibility index (Phi) is 4.16. The van der Waals surface area contributed by atoms with Crippen LogP contribution in [0, 0.1) is 5.92 Å². The lowest BCUT2D eigenvalue weighted by molar-refractivity contribution is -0.137. The highest BCUT2D eigenvalue weighted by Gasteiger charge is 2.33. The Morgan fingerprint density at radius 1 is 1.38 bits per heavy atom. The predicted octanol–water partition coefficient (Wildman–Crippen LogP) is 4.03. The molecule has 1 N–H and O–H groups in total. The molecule has 0 aliphatic heterocycles. The maximum Gasteiger partial charge on any atom is 0.416 e. The average Bonchev–Trinajstić information content (AvgIpc) is 3.17. The van der Waals surface area contributed by atoms with Crippen LogP contribution in [-0.2, 0) is 6.18 Å². The number of carbonyl (C=O) groups is 1. The monoisotopic (exact) mass is 301 g/mol. The summed E-state index contributed by atoms with van der Waals surface area (Å²) in [5, 5.41) is 9.24. The molecule has 116 valence electrons. The van der Waals surface area contributed by atoms with E-state index in [9.17, 15) is 23.1 Å². The Bertz CT molecular complexity index is 536. The van der Waals surface area contributed by atoms with Gasteiger partial charge in [0.1, 0.15) is 0 Å². The van der Waals surface area contributed by atoms with Crippen LogP contribution in [0.25, 0.3) is 0 Å². The molecule has 0 atom stereocenters. The normalized spacial score (nSPS) is 15.3. The van der Waals surface area contributed by atoms with E-state index in [0.29, 0.717) is 18.2 Å². The van der Waals surface area contributed by atoms with Crippen molar-refractivity contribution in [3.8, 4) is 0 Å². The van der Waals surface area contributed by atoms with Crippen LogP contribution >= 0.6 is 0 Å². The summed E-state index contributed by atoms with van der Waals surface area (Å²) in [6.07, 6.45) is -2.36. The van der Waals surface area contributed by atoms with E-state index in [0.717, 1.165) is 25.0 Å². The van der Waals surface area contributed by atoms with Crippen molar-refractivity contribution in [2.75, 3.05) is 11.4 Å². The third kappa shape index (κ3) is 3.68. The highest BCUT2D eigenvalue weighted by Crippen LogP contribution is 2.36. The third-order valence-corrected chi connectivity index (χ3v) is 3.64. The lowest BCUT2D eigenvalue weighted by atomic mass is 10.1. The number of hydrogen-bond acceptors (Lipinski definition) is 2. The van der Waals surface area contributed by atoms with Gasteiger partial charge in [-0.3, -0.25) is 0 Å². The SMILES string of the molecule is CC(C)N(CC1CC1)c1ccc(C(F)(F)F)cc1C(=O)O. The number of carboxylic acids is 1. The van der Waals surface area contributed by atoms with Gasteiger partial charge in [0.25, 0.3) is 0 Å². The van der Waals surface area contributed by atoms with E-state index in [2.05, 4.69) is 0 Å². The maximum absolute atomic E-state index is 12.7. The molecular weight excluding hydrogens is 283 g/mol. The fourth-order valence-electron chi connectivity index (χ4n) is 2.30. The summed E-state index contributed by atoms with van der Waals surface area (Å²) in [7, 11) is 0. The average molecular weight is 301 g/mol. The van der Waals surface area contributed by atoms with Crippen molar-refractivity contribution in [2.24, 2.45) is 5.92 Å². The fraction of sp³-hybridized carbons (Fsp3) is 0.533. The Labute approximate surface area is 121 Å². The highest BCUT2D eigenvalue weighted by molar-refractivity contribution is 5.94. The van der Waals surface area contributed by atoms with Gasteiger partial charge in [0.2, 0.25) is 0 Å². The van der Waals surface area contributed by atoms with Gasteiger partial charge in [0, 0.05) is 12.6 Å². The Hall–Kier alpha value is -1.72. The van der Waals surface area contributed by atoms with E-state index in [1.807, 2.05) is 18.7 Å². The number of hydrogen-bond donors (Lipinski definition) is 1. The summed E-state index contributed by atoms with van der Waals surface area (Å²) in [6.45, 7) is 4.50. The first-order chi connectivity index (χ1) is 9.70. The quantitative estimate of drug-likeness (QED) is 0.892. The molecule has 0 unspecified atom stereocenters. The smallest absolute Gasteiger partial charge is 0.416 e. The van der Waals surface area contributed by atoms with Gasteiger partial charge in [-0.05, 0) is 50.8 Å². The topological polar surface area (TPSA) is 40.5 Å². The number of aromatic carboxylic acids is 1. The standard InChI is InChI=1S/C15H18F3NO2/c1-9(2)19(8-10-3-4-10)13-6-5-11(15(16,17)18)7-12(13)14(20)21/h5-7,9-10H,3-4,8H2,1-2H3,(H,20,21). The number of carboxylic acid groups (broad SMARTS) is 1. The summed E-state index contributed by atoms with van der Waals surface area (Å²) in [5.74, 6) is -0.825. The second-order valence-corrected chi connectivity index (χ2v) is 5.72. The van der Waals surface area contributed by atoms with Crippen molar-refractivity contribution in [3.05, 3.63) is 29.3 Å². The molecule has 0 spiro atoms. The number of halogens is 3. The fourth-order valence-corrected chi connectivity index (χ4v) is 2.30. The molecule has 3 nitrogen and oxygen atoms in total. The van der Waals surface area contributed by atoms with Crippen LogP contribution in [0.1, 0.15) is 42.6 Å². The molecule has 0 radical (unpaired) electrons. The molecule has 0 bridgehead atoms. The van der Waals surface area contributed by atoms with Gasteiger partial charge in [-0.25, -0.2) is 4.79 Å². The van der Waals surface area contributed by atoms with E-state index in [1.54, 1.807) is 0 Å². The highest BCUT2D eigenvalue weighted by atomic mass is 19.4. The van der Waals surface area contributed by atoms with Crippen molar-refractivity contribution in [1.82, 2.24) is 0 Å². The lowest BCUT2D eigenvalue weighted by Gasteiger charge is -2.30. The summed E-state index contributed by atoms with van der Waals surface area (Å²) >= 11 is 0. The number of nitrogens with zero attached hydrogens (tertiary/aromatic N) is 1. The van der Waals surface area contributed by atoms with Crippen molar-refractivity contribution >= 4 is 11.7 Å². The molecule has 1 aromatic rings. The van der Waals surface area contributed by atoms with Gasteiger partial charge in [-0.2, -0.15) is 13.2 Å². The predicted molar refractivity (Wildman–Crippen MR) is 73.6 cm³/mol. The molecular formula is C15H18F3NO2. The van der Waals surface area contributed by atoms with Crippen molar-refractivity contribution < 1.29 is 23.1 Å². The van der Waals surface area contributed by atoms with E-state index in [1.165, 1.54) is 6.07 Å². The van der Waals surface area contributed by atoms with Crippen molar-refractivity contribution in [3.63, 3.8) is 0 Å². The van der Waals surface area contributed by atoms with Crippen LogP contribution in [0.3, 0.4) is 0 Å². The van der Waals surface area contributed by atoms with Crippen LogP contribution in [0.15, 0.2) is 18.2 Å². The molecule has 1 aliphatic rings. The van der Waals surface area contributed by atoms with E-state index in [4.69, 9.17) is 0 Å². The van der Waals surface area contributed by atoms with Crippen LogP contribution in [-0.4, -0.2) is 23.7 Å². The van der Waals surface area contributed by atoms with Crippen molar-refractivity contribution in [2.45, 2.75) is 38.9 Å². The molecule has 2 rings (SSSR count). The van der Waals surface area contributed by atoms with E-state index < -0.39 is 17.7 Å². The molecule has 0 saturated heterocycles. The molecule has 0 aromatic heterocycles. The summed E-state index contributed by atoms with van der Waals surface area (Å²) in [4.78, 5) is 13.2. The van der Waals surface area contributed by atoms with E-state index in [-0.39, 0.29) is 11.6 Å². The Morgan fingerprint density at radius 2 is 2.00 bits per heavy atom. The lowest BCUT2D eigenvalue weighted by Crippen LogP contribution is -2.34. The summed E-state index contributed by atoms with van der Waals surface area (Å²) in [5.41, 5.74) is -0.865. The molecule has 1 aliphatic carbocycles. The Morgan fingerprint density at radius 3 is 2.43 bits per heavy atom. The van der Waals surface area contributed by atoms with Gasteiger partial charge < -0.3 is 10.0 Å². The zero-order valence-corrected chi connectivity index (χ0v) is 11.9. The number of benzene rings is 1. The zero-order valence-electron chi connectivity index (χ0n) is 11.9. The van der Waals surface area contributed by atoms with E-state index >= 15 is 0 Å². The minimum Gasteiger partial charge on any atom is -0.478 e. The molecule has 1 saturated carbocycles. The van der Waals surface area contributed by atoms with Gasteiger partial charge in [0.05, 0.1) is 16.8 Å². The van der Waals surface area contributed by atoms with Crippen LogP contribution < -0.4 is 4.90 Å². The molecule has 1 aromatic carbocycles. The second kappa shape index (κ2) is 5.58. The third-order valence-electron chi connectivity index (χ3n) is 3.64. The first kappa shape index (κ1) is 15.7. The van der Waals surface area contributed by atoms with Crippen molar-refractivity contribution in [1.29, 1.82) is 0 Å². The Balaban J connectivity index is 2.43. The van der Waals surface area contributed by atoms with Gasteiger partial charge in [0.15, 0.2) is 0 Å². The zero-order chi connectivity index (χ0) is 15.8. The molecule has 21 heavy (non-hydrogen) atoms. The minimum absolute atomic E-state index is 0.0282. The van der Waals surface area contributed by atoms with Crippen LogP contribution in [0.4, 0.5) is 18.9 Å². The molecule has 0 amide bonds. The molecule has 0 heterocycles. The first-order valence-electron chi connectivity index (χ1n) is 6.91. The van der Waals surface area contributed by atoms with Crippen LogP contribution in [0.5, 0.6) is 0 Å². The largest absolute Gasteiger partial charge is 0.478 e.